The van der Waals surface area contributed by atoms with Gasteiger partial charge in [-0.05, 0) is 12.5 Å². The second-order valence-corrected chi connectivity index (χ2v) is 5.08. The van der Waals surface area contributed by atoms with Crippen LogP contribution in [0.4, 0.5) is 11.5 Å². The Labute approximate surface area is 114 Å². The number of aromatic nitrogens is 2. The quantitative estimate of drug-likeness (QED) is 0.649. The summed E-state index contributed by atoms with van der Waals surface area (Å²) in [7, 11) is 0. The molecule has 19 heavy (non-hydrogen) atoms. The van der Waals surface area contributed by atoms with Gasteiger partial charge in [0, 0.05) is 36.3 Å². The van der Waals surface area contributed by atoms with E-state index in [0.717, 1.165) is 17.8 Å². The van der Waals surface area contributed by atoms with Crippen LogP contribution in [0.15, 0.2) is 24.5 Å². The van der Waals surface area contributed by atoms with Crippen molar-refractivity contribution in [2.24, 2.45) is 0 Å². The number of nitrogens with zero attached hydrogens (tertiary/aromatic N) is 3. The molecule has 0 spiro atoms. The molecular weight excluding hydrogens is 264 g/mol. The van der Waals surface area contributed by atoms with E-state index in [9.17, 15) is 10.1 Å². The lowest BCUT2D eigenvalue weighted by atomic mass is 10.3. The van der Waals surface area contributed by atoms with Gasteiger partial charge in [-0.1, -0.05) is 6.92 Å². The van der Waals surface area contributed by atoms with E-state index in [1.165, 1.54) is 17.1 Å². The minimum atomic E-state index is -0.437. The molecule has 1 N–H and O–H groups in total. The monoisotopic (exact) mass is 278 g/mol. The standard InChI is InChI=1S/C12H14N4O2S/c1-2-9-8-15-11(19-9)5-7-14-12-10(16(17)18)4-3-6-13-12/h3-4,6,8H,2,5,7H2,1H3,(H,13,14). The Morgan fingerprint density at radius 3 is 3.00 bits per heavy atom. The first-order chi connectivity index (χ1) is 9.20. The molecule has 0 aliphatic rings. The SMILES string of the molecule is CCc1cnc(CCNc2ncccc2[N+](=O)[O-])s1. The molecule has 0 saturated heterocycles. The van der Waals surface area contributed by atoms with Gasteiger partial charge in [0.2, 0.25) is 5.82 Å². The molecular formula is C12H14N4O2S. The number of hydrogen-bond donors (Lipinski definition) is 1. The van der Waals surface area contributed by atoms with E-state index >= 15 is 0 Å². The maximum absolute atomic E-state index is 10.8. The molecule has 0 unspecified atom stereocenters. The van der Waals surface area contributed by atoms with E-state index in [1.54, 1.807) is 17.4 Å². The second-order valence-electron chi connectivity index (χ2n) is 3.88. The lowest BCUT2D eigenvalue weighted by Crippen LogP contribution is -2.08. The van der Waals surface area contributed by atoms with Gasteiger partial charge in [-0.25, -0.2) is 9.97 Å². The topological polar surface area (TPSA) is 81.0 Å². The lowest BCUT2D eigenvalue weighted by Gasteiger charge is -2.04. The highest BCUT2D eigenvalue weighted by atomic mass is 32.1. The summed E-state index contributed by atoms with van der Waals surface area (Å²) in [6.45, 7) is 2.67. The number of aryl methyl sites for hydroxylation is 1. The molecule has 0 aromatic carbocycles. The van der Waals surface area contributed by atoms with Crippen molar-refractivity contribution < 1.29 is 4.92 Å². The molecule has 0 atom stereocenters. The van der Waals surface area contributed by atoms with Crippen LogP contribution in [0.2, 0.25) is 0 Å². The van der Waals surface area contributed by atoms with Gasteiger partial charge in [0.05, 0.1) is 9.93 Å². The molecule has 0 aliphatic heterocycles. The van der Waals surface area contributed by atoms with Gasteiger partial charge < -0.3 is 5.32 Å². The van der Waals surface area contributed by atoms with Crippen LogP contribution in [0.25, 0.3) is 0 Å². The predicted octanol–water partition coefficient (Wildman–Crippen LogP) is 2.66. The van der Waals surface area contributed by atoms with Crippen LogP contribution < -0.4 is 5.32 Å². The van der Waals surface area contributed by atoms with E-state index in [4.69, 9.17) is 0 Å². The van der Waals surface area contributed by atoms with Crippen LogP contribution in [0.1, 0.15) is 16.8 Å². The first-order valence-electron chi connectivity index (χ1n) is 5.97. The van der Waals surface area contributed by atoms with Crippen molar-refractivity contribution in [1.29, 1.82) is 0 Å². The molecule has 100 valence electrons. The molecule has 0 aliphatic carbocycles. The molecule has 0 amide bonds. The van der Waals surface area contributed by atoms with Crippen molar-refractivity contribution in [3.63, 3.8) is 0 Å². The number of rotatable bonds is 6. The first kappa shape index (κ1) is 13.4. The first-order valence-corrected chi connectivity index (χ1v) is 6.79. The third-order valence-electron chi connectivity index (χ3n) is 2.56. The van der Waals surface area contributed by atoms with E-state index in [2.05, 4.69) is 22.2 Å². The van der Waals surface area contributed by atoms with Crippen LogP contribution in [0.3, 0.4) is 0 Å². The maximum Gasteiger partial charge on any atom is 0.311 e. The number of hydrogen-bond acceptors (Lipinski definition) is 6. The smallest absolute Gasteiger partial charge is 0.311 e. The van der Waals surface area contributed by atoms with Crippen LogP contribution in [-0.4, -0.2) is 21.4 Å². The zero-order valence-corrected chi connectivity index (χ0v) is 11.3. The van der Waals surface area contributed by atoms with Gasteiger partial charge >= 0.3 is 5.69 Å². The van der Waals surface area contributed by atoms with E-state index in [0.29, 0.717) is 12.4 Å². The fourth-order valence-corrected chi connectivity index (χ4v) is 2.46. The summed E-state index contributed by atoms with van der Waals surface area (Å²) in [5.74, 6) is 0.305. The number of anilines is 1. The molecule has 2 aromatic rings. The fraction of sp³-hybridized carbons (Fsp3) is 0.333. The van der Waals surface area contributed by atoms with Crippen LogP contribution in [-0.2, 0) is 12.8 Å². The Morgan fingerprint density at radius 2 is 2.32 bits per heavy atom. The summed E-state index contributed by atoms with van der Waals surface area (Å²) in [4.78, 5) is 19.9. The number of pyridine rings is 1. The van der Waals surface area contributed by atoms with Crippen molar-refractivity contribution in [3.05, 3.63) is 44.5 Å². The largest absolute Gasteiger partial charge is 0.364 e. The van der Waals surface area contributed by atoms with Crippen LogP contribution in [0, 0.1) is 10.1 Å². The molecule has 0 fully saturated rings. The van der Waals surface area contributed by atoms with Crippen molar-refractivity contribution in [2.45, 2.75) is 19.8 Å². The summed E-state index contributed by atoms with van der Waals surface area (Å²) < 4.78 is 0. The van der Waals surface area contributed by atoms with Crippen LogP contribution in [0.5, 0.6) is 0 Å². The summed E-state index contributed by atoms with van der Waals surface area (Å²) in [5, 5.41) is 14.8. The van der Waals surface area contributed by atoms with E-state index in [-0.39, 0.29) is 5.69 Å². The molecule has 0 saturated carbocycles. The average molecular weight is 278 g/mol. The highest BCUT2D eigenvalue weighted by Gasteiger charge is 2.13. The molecule has 6 nitrogen and oxygen atoms in total. The van der Waals surface area contributed by atoms with Crippen molar-refractivity contribution in [3.8, 4) is 0 Å². The van der Waals surface area contributed by atoms with Crippen molar-refractivity contribution in [1.82, 2.24) is 9.97 Å². The maximum atomic E-state index is 10.8. The highest BCUT2D eigenvalue weighted by molar-refractivity contribution is 7.11. The summed E-state index contributed by atoms with van der Waals surface area (Å²) in [5.41, 5.74) is -0.00381. The number of thiazole rings is 1. The minimum Gasteiger partial charge on any atom is -0.364 e. The van der Waals surface area contributed by atoms with Crippen LogP contribution >= 0.6 is 11.3 Å². The van der Waals surface area contributed by atoms with Crippen molar-refractivity contribution in [2.75, 3.05) is 11.9 Å². The zero-order valence-electron chi connectivity index (χ0n) is 10.5. The molecule has 7 heteroatoms. The Morgan fingerprint density at radius 1 is 1.47 bits per heavy atom. The Balaban J connectivity index is 1.94. The average Bonchev–Trinajstić information content (AvgIpc) is 2.87. The van der Waals surface area contributed by atoms with Gasteiger partial charge in [-0.3, -0.25) is 10.1 Å². The summed E-state index contributed by atoms with van der Waals surface area (Å²) in [6, 6.07) is 2.99. The van der Waals surface area contributed by atoms with Crippen molar-refractivity contribution >= 4 is 22.8 Å². The molecule has 2 heterocycles. The van der Waals surface area contributed by atoms with E-state index in [1.807, 2.05) is 6.20 Å². The van der Waals surface area contributed by atoms with Gasteiger partial charge in [0.1, 0.15) is 0 Å². The Hall–Kier alpha value is -2.02. The Bertz CT molecular complexity index is 570. The third kappa shape index (κ3) is 3.47. The summed E-state index contributed by atoms with van der Waals surface area (Å²) >= 11 is 1.67. The molecule has 0 bridgehead atoms. The van der Waals surface area contributed by atoms with Gasteiger partial charge in [0.15, 0.2) is 0 Å². The zero-order chi connectivity index (χ0) is 13.7. The Kier molecular flexibility index (Phi) is 4.40. The van der Waals surface area contributed by atoms with Gasteiger partial charge in [0.25, 0.3) is 0 Å². The molecule has 2 rings (SSSR count). The molecule has 2 aromatic heterocycles. The lowest BCUT2D eigenvalue weighted by molar-refractivity contribution is -0.384. The third-order valence-corrected chi connectivity index (χ3v) is 3.77. The normalized spacial score (nSPS) is 10.4. The number of nitro groups is 1. The highest BCUT2D eigenvalue weighted by Crippen LogP contribution is 2.20. The summed E-state index contributed by atoms with van der Waals surface area (Å²) in [6.07, 6.45) is 5.13. The predicted molar refractivity (Wildman–Crippen MR) is 74.6 cm³/mol. The van der Waals surface area contributed by atoms with E-state index < -0.39 is 4.92 Å². The number of nitrogens with one attached hydrogen (secondary N) is 1. The second kappa shape index (κ2) is 6.24. The van der Waals surface area contributed by atoms with Gasteiger partial charge in [-0.15, -0.1) is 11.3 Å². The minimum absolute atomic E-state index is 0.00381. The van der Waals surface area contributed by atoms with Gasteiger partial charge in [-0.2, -0.15) is 0 Å². The molecule has 0 radical (unpaired) electrons. The fourth-order valence-electron chi connectivity index (χ4n) is 1.60.